The molecule has 0 radical (unpaired) electrons. The van der Waals surface area contributed by atoms with Crippen LogP contribution in [0.4, 0.5) is 0 Å². The minimum atomic E-state index is -0.279. The third kappa shape index (κ3) is 4.28. The molecule has 7 rings (SSSR count). The van der Waals surface area contributed by atoms with Crippen molar-refractivity contribution in [2.75, 3.05) is 0 Å². The number of benzene rings is 4. The van der Waals surface area contributed by atoms with Crippen molar-refractivity contribution < 1.29 is 4.42 Å². The Hall–Kier alpha value is -4.94. The average molecular weight is 543 g/mol. The van der Waals surface area contributed by atoms with E-state index in [1.165, 1.54) is 15.8 Å². The summed E-state index contributed by atoms with van der Waals surface area (Å²) in [6.45, 7) is 2.82. The quantitative estimate of drug-likeness (QED) is 0.210. The number of hydrogen-bond donors (Lipinski definition) is 0. The number of fused-ring (bicyclic) bond motifs is 3. The molecule has 3 heterocycles. The summed E-state index contributed by atoms with van der Waals surface area (Å²) >= 11 is 6.20. The van der Waals surface area contributed by atoms with Crippen LogP contribution in [-0.4, -0.2) is 20.4 Å². The van der Waals surface area contributed by atoms with Crippen LogP contribution in [0.5, 0.6) is 0 Å². The van der Waals surface area contributed by atoms with Gasteiger partial charge in [-0.25, -0.2) is 4.98 Å². The van der Waals surface area contributed by atoms with Crippen LogP contribution < -0.4 is 5.56 Å². The molecule has 0 amide bonds. The predicted octanol–water partition coefficient (Wildman–Crippen LogP) is 7.66. The molecule has 0 bridgehead atoms. The molecule has 40 heavy (non-hydrogen) atoms. The Morgan fingerprint density at radius 1 is 0.925 bits per heavy atom. The predicted molar refractivity (Wildman–Crippen MR) is 161 cm³/mol. The molecule has 0 atom stereocenters. The summed E-state index contributed by atoms with van der Waals surface area (Å²) in [5.74, 6) is 0.745. The van der Waals surface area contributed by atoms with E-state index in [4.69, 9.17) is 26.1 Å². The van der Waals surface area contributed by atoms with Crippen molar-refractivity contribution >= 4 is 50.6 Å². The van der Waals surface area contributed by atoms with Crippen molar-refractivity contribution in [2.45, 2.75) is 13.5 Å². The first-order valence-electron chi connectivity index (χ1n) is 12.9. The molecule has 0 unspecified atom stereocenters. The molecule has 0 N–H and O–H groups in total. The second-order valence-corrected chi connectivity index (χ2v) is 10.3. The summed E-state index contributed by atoms with van der Waals surface area (Å²) < 4.78 is 9.62. The summed E-state index contributed by atoms with van der Waals surface area (Å²) in [6.07, 6.45) is 3.79. The molecule has 0 aliphatic heterocycles. The molecule has 0 aliphatic rings. The molecular weight excluding hydrogens is 520 g/mol. The average Bonchev–Trinajstić information content (AvgIpc) is 3.53. The number of hydrogen-bond acceptors (Lipinski definition) is 4. The van der Waals surface area contributed by atoms with E-state index in [1.807, 2.05) is 42.5 Å². The molecule has 0 saturated heterocycles. The number of halogens is 1. The van der Waals surface area contributed by atoms with E-state index in [0.717, 1.165) is 28.4 Å². The number of aryl methyl sites for hydroxylation is 1. The van der Waals surface area contributed by atoms with Gasteiger partial charge in [0.25, 0.3) is 5.56 Å². The van der Waals surface area contributed by atoms with Gasteiger partial charge in [-0.2, -0.15) is 9.78 Å². The lowest BCUT2D eigenvalue weighted by Crippen LogP contribution is -2.20. The fourth-order valence-electron chi connectivity index (χ4n) is 5.15. The van der Waals surface area contributed by atoms with Crippen LogP contribution in [-0.2, 0) is 6.54 Å². The Morgan fingerprint density at radius 2 is 1.75 bits per heavy atom. The van der Waals surface area contributed by atoms with Crippen molar-refractivity contribution in [3.05, 3.63) is 135 Å². The minimum absolute atomic E-state index is 0.279. The van der Waals surface area contributed by atoms with Crippen LogP contribution in [0.3, 0.4) is 0 Å². The van der Waals surface area contributed by atoms with Gasteiger partial charge >= 0.3 is 0 Å². The second-order valence-electron chi connectivity index (χ2n) is 9.83. The van der Waals surface area contributed by atoms with E-state index in [9.17, 15) is 4.79 Å². The number of aromatic nitrogens is 3. The Balaban J connectivity index is 1.38. The van der Waals surface area contributed by atoms with Gasteiger partial charge in [-0.3, -0.25) is 4.79 Å². The maximum Gasteiger partial charge on any atom is 0.282 e. The van der Waals surface area contributed by atoms with Crippen molar-refractivity contribution in [1.29, 1.82) is 0 Å². The minimum Gasteiger partial charge on any atom is -0.453 e. The maximum atomic E-state index is 13.7. The van der Waals surface area contributed by atoms with Crippen LogP contribution in [0.25, 0.3) is 44.4 Å². The number of nitrogens with zero attached hydrogens (tertiary/aromatic N) is 4. The fraction of sp³-hybridized carbons (Fsp3) is 0.0606. The molecule has 0 aliphatic carbocycles. The topological polar surface area (TPSA) is 65.3 Å². The van der Waals surface area contributed by atoms with E-state index >= 15 is 0 Å². The van der Waals surface area contributed by atoms with Crippen molar-refractivity contribution in [1.82, 2.24) is 14.2 Å². The molecule has 0 saturated carbocycles. The zero-order valence-electron chi connectivity index (χ0n) is 21.6. The molecule has 4 aromatic carbocycles. The van der Waals surface area contributed by atoms with Crippen LogP contribution in [0.2, 0.25) is 5.02 Å². The standard InChI is InChI=1S/C33H23ClN4O2/c1-21-7-6-8-22(15-21)19-37-20-24(26-9-3-5-12-29(26)37)18-35-38-32(36-28-11-4-2-10-27(28)33(38)39)31-17-23-16-25(34)13-14-30(23)40-31/h2-18,20H,19H2,1H3. The zero-order valence-corrected chi connectivity index (χ0v) is 22.3. The summed E-state index contributed by atoms with van der Waals surface area (Å²) in [4.78, 5) is 18.5. The van der Waals surface area contributed by atoms with Gasteiger partial charge in [-0.1, -0.05) is 71.8 Å². The van der Waals surface area contributed by atoms with E-state index < -0.39 is 0 Å². The Labute approximate surface area is 234 Å². The summed E-state index contributed by atoms with van der Waals surface area (Å²) in [6, 6.07) is 31.1. The summed E-state index contributed by atoms with van der Waals surface area (Å²) in [7, 11) is 0. The Morgan fingerprint density at radius 3 is 2.62 bits per heavy atom. The van der Waals surface area contributed by atoms with Gasteiger partial charge in [0.2, 0.25) is 5.82 Å². The van der Waals surface area contributed by atoms with Crippen LogP contribution in [0.15, 0.2) is 118 Å². The van der Waals surface area contributed by atoms with Crippen LogP contribution in [0, 0.1) is 6.92 Å². The van der Waals surface area contributed by atoms with E-state index in [-0.39, 0.29) is 5.56 Å². The highest BCUT2D eigenvalue weighted by Gasteiger charge is 2.17. The second kappa shape index (κ2) is 9.67. The third-order valence-electron chi connectivity index (χ3n) is 7.02. The van der Waals surface area contributed by atoms with Crippen molar-refractivity contribution in [3.8, 4) is 11.6 Å². The summed E-state index contributed by atoms with van der Waals surface area (Å²) in [5, 5.41) is 7.63. The van der Waals surface area contributed by atoms with E-state index in [1.54, 1.807) is 24.4 Å². The van der Waals surface area contributed by atoms with Gasteiger partial charge in [0, 0.05) is 39.6 Å². The first-order valence-corrected chi connectivity index (χ1v) is 13.3. The van der Waals surface area contributed by atoms with Gasteiger partial charge in [0.15, 0.2) is 5.76 Å². The zero-order chi connectivity index (χ0) is 27.2. The highest BCUT2D eigenvalue weighted by molar-refractivity contribution is 6.31. The first-order chi connectivity index (χ1) is 19.5. The lowest BCUT2D eigenvalue weighted by Gasteiger charge is -2.07. The van der Waals surface area contributed by atoms with Crippen LogP contribution in [0.1, 0.15) is 16.7 Å². The number of rotatable bonds is 5. The largest absolute Gasteiger partial charge is 0.453 e. The van der Waals surface area contributed by atoms with E-state index in [0.29, 0.717) is 33.1 Å². The Bertz CT molecular complexity index is 2150. The Kier molecular flexibility index (Phi) is 5.83. The molecule has 7 heteroatoms. The molecule has 3 aromatic heterocycles. The lowest BCUT2D eigenvalue weighted by molar-refractivity contribution is 0.616. The van der Waals surface area contributed by atoms with Gasteiger partial charge < -0.3 is 8.98 Å². The smallest absolute Gasteiger partial charge is 0.282 e. The molecule has 194 valence electrons. The van der Waals surface area contributed by atoms with Crippen molar-refractivity contribution in [3.63, 3.8) is 0 Å². The summed E-state index contributed by atoms with van der Waals surface area (Å²) in [5.41, 5.74) is 5.36. The monoisotopic (exact) mass is 542 g/mol. The third-order valence-corrected chi connectivity index (χ3v) is 7.25. The number of furan rings is 1. The van der Waals surface area contributed by atoms with E-state index in [2.05, 4.69) is 54.1 Å². The number of para-hydroxylation sites is 2. The highest BCUT2D eigenvalue weighted by atomic mass is 35.5. The van der Waals surface area contributed by atoms with Gasteiger partial charge in [-0.15, -0.1) is 0 Å². The maximum absolute atomic E-state index is 13.7. The van der Waals surface area contributed by atoms with Gasteiger partial charge in [0.1, 0.15) is 5.58 Å². The van der Waals surface area contributed by atoms with Crippen molar-refractivity contribution in [2.24, 2.45) is 5.10 Å². The fourth-order valence-corrected chi connectivity index (χ4v) is 5.33. The SMILES string of the molecule is Cc1cccc(Cn2cc(C=Nn3c(-c4cc5cc(Cl)ccc5o4)nc4ccccc4c3=O)c3ccccc32)c1. The van der Waals surface area contributed by atoms with Crippen LogP contribution >= 0.6 is 11.6 Å². The molecule has 0 spiro atoms. The molecule has 7 aromatic rings. The molecule has 6 nitrogen and oxygen atoms in total. The molecular formula is C33H23ClN4O2. The normalized spacial score (nSPS) is 11.8. The molecule has 0 fully saturated rings. The highest BCUT2D eigenvalue weighted by Crippen LogP contribution is 2.29. The first kappa shape index (κ1) is 24.1. The van der Waals surface area contributed by atoms with Gasteiger partial charge in [-0.05, 0) is 55.0 Å². The van der Waals surface area contributed by atoms with Gasteiger partial charge in [0.05, 0.1) is 17.1 Å². The lowest BCUT2D eigenvalue weighted by atomic mass is 10.1.